The van der Waals surface area contributed by atoms with Gasteiger partial charge >= 0.3 is 0 Å². The molecule has 0 saturated heterocycles. The molecule has 2 N–H and O–H groups in total. The minimum absolute atomic E-state index is 0.681. The Bertz CT molecular complexity index is 301. The Kier molecular flexibility index (Phi) is 6.43. The van der Waals surface area contributed by atoms with Crippen LogP contribution in [0.1, 0.15) is 6.92 Å². The van der Waals surface area contributed by atoms with E-state index in [0.29, 0.717) is 13.2 Å². The third-order valence-corrected chi connectivity index (χ3v) is 2.63. The molecule has 1 aromatic rings. The number of likely N-dealkylation sites (N-methyl/N-ethyl adjacent to an activating group) is 1. The van der Waals surface area contributed by atoms with Crippen LogP contribution in [-0.4, -0.2) is 44.8 Å². The summed E-state index contributed by atoms with van der Waals surface area (Å²) in [7, 11) is 1.65. The maximum Gasteiger partial charge on any atom is 0.119 e. The third kappa shape index (κ3) is 5.06. The first-order valence-electron chi connectivity index (χ1n) is 5.99. The van der Waals surface area contributed by atoms with Crippen molar-refractivity contribution in [1.82, 2.24) is 4.90 Å². The van der Waals surface area contributed by atoms with Gasteiger partial charge in [0, 0.05) is 19.6 Å². The van der Waals surface area contributed by atoms with E-state index in [4.69, 9.17) is 15.2 Å². The highest BCUT2D eigenvalue weighted by molar-refractivity contribution is 5.31. The second kappa shape index (κ2) is 7.92. The zero-order chi connectivity index (χ0) is 12.5. The fraction of sp³-hybridized carbons (Fsp3) is 0.538. The number of methoxy groups -OCH3 is 1. The molecular weight excluding hydrogens is 216 g/mol. The summed E-state index contributed by atoms with van der Waals surface area (Å²) < 4.78 is 10.7. The smallest absolute Gasteiger partial charge is 0.119 e. The predicted octanol–water partition coefficient (Wildman–Crippen LogP) is 1.35. The summed E-state index contributed by atoms with van der Waals surface area (Å²) in [6.45, 7) is 6.32. The van der Waals surface area contributed by atoms with E-state index in [-0.39, 0.29) is 0 Å². The van der Waals surface area contributed by atoms with Crippen LogP contribution in [0.4, 0.5) is 0 Å². The predicted molar refractivity (Wildman–Crippen MR) is 69.7 cm³/mol. The van der Waals surface area contributed by atoms with Crippen LogP contribution >= 0.6 is 0 Å². The zero-order valence-electron chi connectivity index (χ0n) is 10.7. The fourth-order valence-corrected chi connectivity index (χ4v) is 1.58. The first-order chi connectivity index (χ1) is 8.30. The molecule has 0 aliphatic rings. The first kappa shape index (κ1) is 13.8. The molecule has 0 fully saturated rings. The van der Waals surface area contributed by atoms with Gasteiger partial charge in [0.15, 0.2) is 0 Å². The van der Waals surface area contributed by atoms with Crippen LogP contribution in [0.25, 0.3) is 0 Å². The van der Waals surface area contributed by atoms with Gasteiger partial charge in [-0.2, -0.15) is 0 Å². The molecule has 0 radical (unpaired) electrons. The van der Waals surface area contributed by atoms with Gasteiger partial charge in [0.2, 0.25) is 0 Å². The van der Waals surface area contributed by atoms with Crippen LogP contribution in [0.5, 0.6) is 11.5 Å². The molecule has 4 nitrogen and oxygen atoms in total. The van der Waals surface area contributed by atoms with Gasteiger partial charge in [-0.15, -0.1) is 0 Å². The first-order valence-corrected chi connectivity index (χ1v) is 5.99. The Labute approximate surface area is 103 Å². The lowest BCUT2D eigenvalue weighted by molar-refractivity contribution is 0.219. The monoisotopic (exact) mass is 238 g/mol. The van der Waals surface area contributed by atoms with Crippen molar-refractivity contribution in [1.29, 1.82) is 0 Å². The molecule has 0 amide bonds. The summed E-state index contributed by atoms with van der Waals surface area (Å²) in [4.78, 5) is 2.27. The molecular formula is C13H22N2O2. The van der Waals surface area contributed by atoms with Crippen LogP contribution in [0.15, 0.2) is 24.3 Å². The summed E-state index contributed by atoms with van der Waals surface area (Å²) in [6, 6.07) is 7.62. The lowest BCUT2D eigenvalue weighted by atomic mass is 10.3. The maximum atomic E-state index is 5.65. The summed E-state index contributed by atoms with van der Waals surface area (Å²) >= 11 is 0. The SMILES string of the molecule is CCN(CCN)CCOc1ccc(OC)cc1. The molecule has 4 heteroatoms. The molecule has 0 saturated carbocycles. The molecule has 0 spiro atoms. The number of ether oxygens (including phenoxy) is 2. The van der Waals surface area contributed by atoms with Crippen LogP contribution in [0, 0.1) is 0 Å². The van der Waals surface area contributed by atoms with Gasteiger partial charge in [-0.25, -0.2) is 0 Å². The quantitative estimate of drug-likeness (QED) is 0.743. The number of hydrogen-bond donors (Lipinski definition) is 1. The average molecular weight is 238 g/mol. The van der Waals surface area contributed by atoms with E-state index in [1.807, 2.05) is 24.3 Å². The van der Waals surface area contributed by atoms with E-state index in [1.54, 1.807) is 7.11 Å². The Morgan fingerprint density at radius 1 is 1.12 bits per heavy atom. The molecule has 0 aliphatic carbocycles. The molecule has 96 valence electrons. The number of nitrogens with zero attached hydrogens (tertiary/aromatic N) is 1. The van der Waals surface area contributed by atoms with Crippen LogP contribution in [-0.2, 0) is 0 Å². The standard InChI is InChI=1S/C13H22N2O2/c1-3-15(9-8-14)10-11-17-13-6-4-12(16-2)5-7-13/h4-7H,3,8-11,14H2,1-2H3. The van der Waals surface area contributed by atoms with Crippen molar-refractivity contribution < 1.29 is 9.47 Å². The lowest BCUT2D eigenvalue weighted by Crippen LogP contribution is -2.32. The van der Waals surface area contributed by atoms with Gasteiger partial charge in [0.1, 0.15) is 18.1 Å². The topological polar surface area (TPSA) is 47.7 Å². The van der Waals surface area contributed by atoms with E-state index in [1.165, 1.54) is 0 Å². The third-order valence-electron chi connectivity index (χ3n) is 2.63. The molecule has 0 atom stereocenters. The Morgan fingerprint density at radius 2 is 1.76 bits per heavy atom. The van der Waals surface area contributed by atoms with Crippen LogP contribution in [0.2, 0.25) is 0 Å². The average Bonchev–Trinajstić information content (AvgIpc) is 2.38. The molecule has 0 heterocycles. The van der Waals surface area contributed by atoms with Crippen molar-refractivity contribution in [2.24, 2.45) is 5.73 Å². The molecule has 17 heavy (non-hydrogen) atoms. The highest BCUT2D eigenvalue weighted by atomic mass is 16.5. The Balaban J connectivity index is 2.29. The summed E-state index contributed by atoms with van der Waals surface area (Å²) in [5, 5.41) is 0. The number of benzene rings is 1. The van der Waals surface area contributed by atoms with Crippen molar-refractivity contribution in [2.75, 3.05) is 39.9 Å². The van der Waals surface area contributed by atoms with Gasteiger partial charge in [-0.05, 0) is 30.8 Å². The van der Waals surface area contributed by atoms with Gasteiger partial charge in [-0.3, -0.25) is 4.90 Å². The highest BCUT2D eigenvalue weighted by Crippen LogP contribution is 2.16. The molecule has 1 aromatic carbocycles. The van der Waals surface area contributed by atoms with E-state index >= 15 is 0 Å². The lowest BCUT2D eigenvalue weighted by Gasteiger charge is -2.19. The Hall–Kier alpha value is -1.26. The Morgan fingerprint density at radius 3 is 2.29 bits per heavy atom. The van der Waals surface area contributed by atoms with Gasteiger partial charge in [0.25, 0.3) is 0 Å². The van der Waals surface area contributed by atoms with Gasteiger partial charge < -0.3 is 15.2 Å². The highest BCUT2D eigenvalue weighted by Gasteiger charge is 2.01. The summed E-state index contributed by atoms with van der Waals surface area (Å²) in [6.07, 6.45) is 0. The zero-order valence-corrected chi connectivity index (χ0v) is 10.7. The summed E-state index contributed by atoms with van der Waals surface area (Å²) in [5.41, 5.74) is 5.52. The van der Waals surface area contributed by atoms with E-state index in [0.717, 1.165) is 31.1 Å². The van der Waals surface area contributed by atoms with Gasteiger partial charge in [-0.1, -0.05) is 6.92 Å². The molecule has 0 aliphatic heterocycles. The summed E-state index contributed by atoms with van der Waals surface area (Å²) in [5.74, 6) is 1.71. The van der Waals surface area contributed by atoms with Crippen molar-refractivity contribution in [3.05, 3.63) is 24.3 Å². The number of hydrogen-bond acceptors (Lipinski definition) is 4. The largest absolute Gasteiger partial charge is 0.497 e. The minimum Gasteiger partial charge on any atom is -0.497 e. The normalized spacial score (nSPS) is 10.6. The fourth-order valence-electron chi connectivity index (χ4n) is 1.58. The van der Waals surface area contributed by atoms with Crippen LogP contribution in [0.3, 0.4) is 0 Å². The van der Waals surface area contributed by atoms with Crippen molar-refractivity contribution in [2.45, 2.75) is 6.92 Å². The molecule has 1 rings (SSSR count). The van der Waals surface area contributed by atoms with Gasteiger partial charge in [0.05, 0.1) is 7.11 Å². The second-order valence-corrected chi connectivity index (χ2v) is 3.75. The van der Waals surface area contributed by atoms with Crippen molar-refractivity contribution >= 4 is 0 Å². The number of rotatable bonds is 8. The number of nitrogens with two attached hydrogens (primary N) is 1. The van der Waals surface area contributed by atoms with E-state index in [2.05, 4.69) is 11.8 Å². The van der Waals surface area contributed by atoms with E-state index in [9.17, 15) is 0 Å². The second-order valence-electron chi connectivity index (χ2n) is 3.75. The molecule has 0 bridgehead atoms. The maximum absolute atomic E-state index is 5.65. The van der Waals surface area contributed by atoms with Crippen molar-refractivity contribution in [3.63, 3.8) is 0 Å². The minimum atomic E-state index is 0.681. The molecule has 0 unspecified atom stereocenters. The van der Waals surface area contributed by atoms with E-state index < -0.39 is 0 Å². The molecule has 0 aromatic heterocycles. The van der Waals surface area contributed by atoms with Crippen molar-refractivity contribution in [3.8, 4) is 11.5 Å². The van der Waals surface area contributed by atoms with Crippen LogP contribution < -0.4 is 15.2 Å².